The lowest BCUT2D eigenvalue weighted by atomic mass is 10.1. The summed E-state index contributed by atoms with van der Waals surface area (Å²) in [6, 6.07) is 73.1. The second kappa shape index (κ2) is 42.4. The monoisotopic (exact) mass is 1730 g/mol. The summed E-state index contributed by atoms with van der Waals surface area (Å²) < 4.78 is 20.3. The number of carbonyl (C=O) groups is 2. The number of halogens is 5. The maximum atomic E-state index is 13.5. The van der Waals surface area contributed by atoms with E-state index < -0.39 is 0 Å². The average Bonchev–Trinajstić information content (AvgIpc) is 1.64. The highest BCUT2D eigenvalue weighted by atomic mass is 35.5. The molecule has 0 radical (unpaired) electrons. The van der Waals surface area contributed by atoms with Crippen LogP contribution in [-0.4, -0.2) is 177 Å². The zero-order valence-electron chi connectivity index (χ0n) is 64.2. The molecule has 0 N–H and O–H groups in total. The van der Waals surface area contributed by atoms with Gasteiger partial charge in [-0.25, -0.2) is 23.1 Å². The normalized spacial score (nSPS) is 13.0. The number of rotatable bonds is 16. The van der Waals surface area contributed by atoms with Crippen LogP contribution >= 0.6 is 46.4 Å². The smallest absolute Gasteiger partial charge is 0.244 e. The van der Waals surface area contributed by atoms with Crippen molar-refractivity contribution in [3.63, 3.8) is 0 Å². The predicted molar refractivity (Wildman–Crippen MR) is 502 cm³/mol. The van der Waals surface area contributed by atoms with Crippen molar-refractivity contribution in [3.05, 3.63) is 269 Å². The summed E-state index contributed by atoms with van der Waals surface area (Å²) in [5, 5.41) is 59.2. The standard InChI is InChI=1S/C24H25ClN6.C24H22ClN5O.C23H19ClFN5O.C19H13ClN4.6CH4/c1-29-12-14-30(15-13-29)16-17-31-24-20(22(28-31)18-8-4-2-5-9-18)21(25)23(26-27-24)19-10-6-3-7-11-19;1-16-8-7-11-18(14-16)22-20-21(25)23(17-9-3-2-4-10-17)26-27-24(20)30(28-22)15-19(31)29-12-5-6-13-29;24-20-19-21(16-8-10-17(25)11-9-16)28-30(14-18(31)29-12-4-5-13-29)23(19)27-26-22(20)15-6-2-1-3-7-15;1-2-24-19-15(17(23-24)13-9-5-3-6-10-13)16(20)18(21-22-19)14-11-7-4-8-12-14;;;;;;/h2-11H,12-17H2,1H3;2-4,7-11,14H,5-6,12-13,15H2,1H3;1-3,6-11H,4-5,12-14H2;2-12H,1H2;6*1H4. The molecule has 3 aliphatic heterocycles. The predicted octanol–water partition coefficient (Wildman–Crippen LogP) is 22.1. The summed E-state index contributed by atoms with van der Waals surface area (Å²) in [4.78, 5) is 34.1. The van der Waals surface area contributed by atoms with Crippen LogP contribution < -0.4 is 0 Å². The van der Waals surface area contributed by atoms with Crippen LogP contribution in [0.1, 0.15) is 75.8 Å². The van der Waals surface area contributed by atoms with Gasteiger partial charge in [0.25, 0.3) is 0 Å². The second-order valence-corrected chi connectivity index (χ2v) is 30.2. The van der Waals surface area contributed by atoms with Crippen molar-refractivity contribution in [2.75, 3.05) is 66.0 Å². The minimum absolute atomic E-state index is 0. The molecule has 8 aromatic carbocycles. The van der Waals surface area contributed by atoms with E-state index in [4.69, 9.17) is 56.6 Å². The highest BCUT2D eigenvalue weighted by Crippen LogP contribution is 2.43. The molecule has 22 nitrogen and oxygen atoms in total. The zero-order valence-corrected chi connectivity index (χ0v) is 67.2. The molecule has 2 amide bonds. The van der Waals surface area contributed by atoms with E-state index in [-0.39, 0.29) is 75.3 Å². The Balaban J connectivity index is 0.000000170. The Labute approximate surface area is 738 Å². The van der Waals surface area contributed by atoms with Gasteiger partial charge in [0.1, 0.15) is 64.5 Å². The topological polar surface area (TPSA) is 221 Å². The van der Waals surface area contributed by atoms with E-state index in [1.54, 1.807) is 32.4 Å². The maximum Gasteiger partial charge on any atom is 0.244 e. The van der Waals surface area contributed by atoms with Gasteiger partial charge in [0.05, 0.1) is 48.2 Å². The molecule has 0 saturated carbocycles. The first-order valence-corrected chi connectivity index (χ1v) is 40.2. The number of aryl methyl sites for hydroxylation is 1. The van der Waals surface area contributed by atoms with Gasteiger partial charge in [-0.2, -0.15) is 20.4 Å². The van der Waals surface area contributed by atoms with E-state index in [1.807, 2.05) is 209 Å². The van der Waals surface area contributed by atoms with Gasteiger partial charge in [0.15, 0.2) is 22.6 Å². The number of amides is 2. The molecule has 3 fully saturated rings. The summed E-state index contributed by atoms with van der Waals surface area (Å²) in [7, 11) is 2.17. The summed E-state index contributed by atoms with van der Waals surface area (Å²) in [5.41, 5.74) is 15.9. The van der Waals surface area contributed by atoms with Gasteiger partial charge in [-0.1, -0.05) is 303 Å². The van der Waals surface area contributed by atoms with Crippen molar-refractivity contribution in [3.8, 4) is 90.1 Å². The fourth-order valence-electron chi connectivity index (χ4n) is 14.8. The Bertz CT molecular complexity index is 6220. The number of hydrogen-bond acceptors (Lipinski definition) is 16. The van der Waals surface area contributed by atoms with Gasteiger partial charge in [-0.3, -0.25) is 14.5 Å². The Hall–Kier alpha value is -12.4. The Morgan fingerprint density at radius 2 is 0.650 bits per heavy atom. The van der Waals surface area contributed by atoms with Crippen molar-refractivity contribution in [1.29, 1.82) is 0 Å². The summed E-state index contributed by atoms with van der Waals surface area (Å²) in [6.07, 6.45) is 5.72. The van der Waals surface area contributed by atoms with Crippen LogP contribution in [0.5, 0.6) is 0 Å². The molecule has 3 saturated heterocycles. The van der Waals surface area contributed by atoms with Crippen LogP contribution in [0.2, 0.25) is 20.1 Å². The Morgan fingerprint density at radius 1 is 0.350 bits per heavy atom. The lowest BCUT2D eigenvalue weighted by Gasteiger charge is -2.32. The van der Waals surface area contributed by atoms with Crippen LogP contribution in [0.15, 0.2) is 237 Å². The van der Waals surface area contributed by atoms with Crippen molar-refractivity contribution >= 4 is 109 Å². The first-order chi connectivity index (χ1) is 57.2. The first kappa shape index (κ1) is 92.9. The molecule has 0 bridgehead atoms. The summed E-state index contributed by atoms with van der Waals surface area (Å²) in [5.74, 6) is -0.312. The highest BCUT2D eigenvalue weighted by molar-refractivity contribution is 6.40. The van der Waals surface area contributed by atoms with Crippen molar-refractivity contribution in [1.82, 2.24) is 99.5 Å². The van der Waals surface area contributed by atoms with Gasteiger partial charge in [-0.05, 0) is 70.0 Å². The van der Waals surface area contributed by atoms with E-state index in [9.17, 15) is 14.0 Å². The van der Waals surface area contributed by atoms with Crippen molar-refractivity contribution in [2.45, 2.75) is 96.8 Å². The van der Waals surface area contributed by atoms with E-state index in [0.717, 1.165) is 169 Å². The van der Waals surface area contributed by atoms with Crippen LogP contribution in [0.3, 0.4) is 0 Å². The minimum Gasteiger partial charge on any atom is -0.341 e. The number of aromatic nitrogens is 16. The number of fused-ring (bicyclic) bond motifs is 4. The molecule has 0 atom stereocenters. The molecule has 19 rings (SSSR count). The number of carbonyl (C=O) groups excluding carboxylic acids is 2. The largest absolute Gasteiger partial charge is 0.341 e. The van der Waals surface area contributed by atoms with Crippen LogP contribution in [0.4, 0.5) is 4.39 Å². The second-order valence-electron chi connectivity index (χ2n) is 28.7. The molecular formula is C96H103Cl4FN20O2. The number of piperazine rings is 1. The molecular weight excluding hydrogens is 1630 g/mol. The maximum absolute atomic E-state index is 13.5. The van der Waals surface area contributed by atoms with E-state index in [2.05, 4.69) is 92.6 Å². The van der Waals surface area contributed by atoms with Crippen molar-refractivity contribution in [2.24, 2.45) is 0 Å². The van der Waals surface area contributed by atoms with E-state index >= 15 is 0 Å². The van der Waals surface area contributed by atoms with E-state index in [1.165, 1.54) is 12.1 Å². The van der Waals surface area contributed by atoms with Crippen LogP contribution in [-0.2, 0) is 29.2 Å². The zero-order chi connectivity index (χ0) is 80.5. The molecule has 123 heavy (non-hydrogen) atoms. The van der Waals surface area contributed by atoms with Crippen LogP contribution in [0.25, 0.3) is 140 Å². The highest BCUT2D eigenvalue weighted by Gasteiger charge is 2.29. The minimum atomic E-state index is -0.340. The lowest BCUT2D eigenvalue weighted by Crippen LogP contribution is -2.45. The quantitative estimate of drug-likeness (QED) is 0.0877. The molecule has 27 heteroatoms. The molecule has 16 aromatic rings. The van der Waals surface area contributed by atoms with Gasteiger partial charge in [0.2, 0.25) is 11.8 Å². The molecule has 0 spiro atoms. The van der Waals surface area contributed by atoms with Gasteiger partial charge in [0, 0.05) is 110 Å². The van der Waals surface area contributed by atoms with Gasteiger partial charge >= 0.3 is 0 Å². The number of likely N-dealkylation sites (tertiary alicyclic amines) is 2. The molecule has 11 heterocycles. The Morgan fingerprint density at radius 3 is 1.01 bits per heavy atom. The summed E-state index contributed by atoms with van der Waals surface area (Å²) >= 11 is 27.4. The molecule has 634 valence electrons. The number of likely N-dealkylation sites (N-methyl/N-ethyl adjacent to an activating group) is 1. The molecule has 8 aromatic heterocycles. The van der Waals surface area contributed by atoms with Gasteiger partial charge in [-0.15, -0.1) is 40.8 Å². The third-order valence-corrected chi connectivity index (χ3v) is 22.4. The van der Waals surface area contributed by atoms with Gasteiger partial charge < -0.3 is 14.7 Å². The Kier molecular flexibility index (Phi) is 32.1. The fourth-order valence-corrected chi connectivity index (χ4v) is 16.0. The fraction of sp³-hybridized carbons (Fsp3) is 0.250. The van der Waals surface area contributed by atoms with Crippen molar-refractivity contribution < 1.29 is 14.0 Å². The molecule has 3 aliphatic rings. The average molecular weight is 1730 g/mol. The third kappa shape index (κ3) is 20.2. The number of benzene rings is 8. The SMILES string of the molecule is C.C.C.C.C.C.C=Cn1nc(-c2ccccc2)c2c(Cl)c(-c3ccccc3)nnc21.CN1CCN(CCn2nc(-c3ccccc3)c3c(Cl)c(-c4ccccc4)nnc32)CC1.Cc1cccc(-c2nn(CC(=O)N3CCCC3)c3nnc(-c4ccccc4)c(Cl)c23)c1.O=C(Cn1nc(-c2ccc(F)cc2)c2c(Cl)c(-c3ccccc3)nnc21)N1CCCC1. The molecule has 0 unspecified atom stereocenters. The third-order valence-electron chi connectivity index (χ3n) is 20.9. The number of nitrogens with zero attached hydrogens (tertiary/aromatic N) is 20. The first-order valence-electron chi connectivity index (χ1n) is 38.7. The van der Waals surface area contributed by atoms with Crippen LogP contribution in [0, 0.1) is 12.7 Å². The number of hydrogen-bond donors (Lipinski definition) is 0. The van der Waals surface area contributed by atoms with E-state index in [0.29, 0.717) is 82.1 Å². The lowest BCUT2D eigenvalue weighted by molar-refractivity contribution is -0.131. The summed E-state index contributed by atoms with van der Waals surface area (Å²) in [6.45, 7) is 15.1. The molecule has 0 aliphatic carbocycles.